The summed E-state index contributed by atoms with van der Waals surface area (Å²) in [6, 6.07) is 5.27. The highest BCUT2D eigenvalue weighted by atomic mass is 32.2. The van der Waals surface area contributed by atoms with Crippen molar-refractivity contribution in [3.05, 3.63) is 23.8 Å². The zero-order chi connectivity index (χ0) is 14.4. The van der Waals surface area contributed by atoms with Gasteiger partial charge in [0.2, 0.25) is 15.9 Å². The van der Waals surface area contributed by atoms with Gasteiger partial charge in [0, 0.05) is 11.4 Å². The number of benzene rings is 1. The third-order valence-corrected chi connectivity index (χ3v) is 4.83. The Morgan fingerprint density at radius 3 is 2.55 bits per heavy atom. The molecule has 1 amide bonds. The van der Waals surface area contributed by atoms with E-state index in [1.165, 1.54) is 0 Å². The molecule has 1 fully saturated rings. The summed E-state index contributed by atoms with van der Waals surface area (Å²) in [6.45, 7) is 0. The number of hydrogen-bond acceptors (Lipinski definition) is 3. The van der Waals surface area contributed by atoms with Gasteiger partial charge in [0.05, 0.1) is 11.7 Å². The Hall–Kier alpha value is -1.56. The second-order valence-electron chi connectivity index (χ2n) is 5.73. The van der Waals surface area contributed by atoms with Gasteiger partial charge in [-0.25, -0.2) is 8.42 Å². The first-order valence-corrected chi connectivity index (χ1v) is 8.74. The van der Waals surface area contributed by atoms with Crippen LogP contribution in [0.1, 0.15) is 37.7 Å². The van der Waals surface area contributed by atoms with Crippen LogP contribution in [0.3, 0.4) is 0 Å². The molecule has 6 heteroatoms. The quantitative estimate of drug-likeness (QED) is 0.878. The number of anilines is 2. The summed E-state index contributed by atoms with van der Waals surface area (Å²) in [4.78, 5) is 12.4. The Labute approximate surface area is 118 Å². The minimum atomic E-state index is -3.31. The number of carbonyl (C=O) groups excluding carboxylic acids is 1. The number of sulfonamides is 1. The monoisotopic (exact) mass is 294 g/mol. The van der Waals surface area contributed by atoms with Crippen LogP contribution >= 0.6 is 0 Å². The van der Waals surface area contributed by atoms with Crippen LogP contribution in [-0.4, -0.2) is 20.6 Å². The lowest BCUT2D eigenvalue weighted by molar-refractivity contribution is -0.121. The van der Waals surface area contributed by atoms with Gasteiger partial charge in [-0.1, -0.05) is 19.3 Å². The van der Waals surface area contributed by atoms with E-state index in [4.69, 9.17) is 0 Å². The molecular weight excluding hydrogens is 276 g/mol. The SMILES string of the molecule is CS(=O)(=O)Nc1ccc2c(c1)C1(CCCCC1)C(=O)N2. The second-order valence-corrected chi connectivity index (χ2v) is 7.48. The fourth-order valence-corrected chi connectivity index (χ4v) is 3.90. The number of nitrogens with one attached hydrogen (secondary N) is 2. The van der Waals surface area contributed by atoms with Crippen LogP contribution in [0.2, 0.25) is 0 Å². The van der Waals surface area contributed by atoms with Crippen LogP contribution < -0.4 is 10.0 Å². The molecule has 1 spiro atoms. The van der Waals surface area contributed by atoms with Crippen LogP contribution in [0.25, 0.3) is 0 Å². The minimum absolute atomic E-state index is 0.0590. The summed E-state index contributed by atoms with van der Waals surface area (Å²) in [7, 11) is -3.31. The van der Waals surface area contributed by atoms with Crippen LogP contribution in [-0.2, 0) is 20.2 Å². The van der Waals surface area contributed by atoms with Gasteiger partial charge in [0.15, 0.2) is 0 Å². The van der Waals surface area contributed by atoms with Gasteiger partial charge in [0.1, 0.15) is 0 Å². The third kappa shape index (κ3) is 2.18. The number of carbonyl (C=O) groups is 1. The van der Waals surface area contributed by atoms with Gasteiger partial charge < -0.3 is 5.32 Å². The van der Waals surface area contributed by atoms with Gasteiger partial charge >= 0.3 is 0 Å². The fraction of sp³-hybridized carbons (Fsp3) is 0.500. The van der Waals surface area contributed by atoms with E-state index in [2.05, 4.69) is 10.0 Å². The molecule has 0 atom stereocenters. The first kappa shape index (κ1) is 13.4. The van der Waals surface area contributed by atoms with Crippen molar-refractivity contribution in [3.8, 4) is 0 Å². The van der Waals surface area contributed by atoms with Crippen molar-refractivity contribution < 1.29 is 13.2 Å². The van der Waals surface area contributed by atoms with E-state index in [0.717, 1.165) is 49.6 Å². The minimum Gasteiger partial charge on any atom is -0.325 e. The first-order chi connectivity index (χ1) is 9.41. The highest BCUT2D eigenvalue weighted by molar-refractivity contribution is 7.92. The van der Waals surface area contributed by atoms with Gasteiger partial charge in [-0.05, 0) is 36.6 Å². The first-order valence-electron chi connectivity index (χ1n) is 6.84. The summed E-state index contributed by atoms with van der Waals surface area (Å²) < 4.78 is 25.2. The summed E-state index contributed by atoms with van der Waals surface area (Å²) >= 11 is 0. The van der Waals surface area contributed by atoms with E-state index >= 15 is 0 Å². The highest BCUT2D eigenvalue weighted by Crippen LogP contribution is 2.48. The number of amides is 1. The average molecular weight is 294 g/mol. The number of fused-ring (bicyclic) bond motifs is 2. The van der Waals surface area contributed by atoms with Gasteiger partial charge in [0.25, 0.3) is 0 Å². The maximum Gasteiger partial charge on any atom is 0.235 e. The summed E-state index contributed by atoms with van der Waals surface area (Å²) in [5, 5.41) is 2.93. The van der Waals surface area contributed by atoms with Gasteiger partial charge in [-0.15, -0.1) is 0 Å². The normalized spacial score (nSPS) is 20.6. The smallest absolute Gasteiger partial charge is 0.235 e. The lowest BCUT2D eigenvalue weighted by atomic mass is 9.70. The van der Waals surface area contributed by atoms with Gasteiger partial charge in [-0.3, -0.25) is 9.52 Å². The Kier molecular flexibility index (Phi) is 3.01. The Morgan fingerprint density at radius 2 is 1.90 bits per heavy atom. The van der Waals surface area contributed by atoms with Crippen LogP contribution in [0.4, 0.5) is 11.4 Å². The third-order valence-electron chi connectivity index (χ3n) is 4.23. The van der Waals surface area contributed by atoms with E-state index in [1.54, 1.807) is 18.2 Å². The zero-order valence-electron chi connectivity index (χ0n) is 11.4. The molecule has 1 saturated carbocycles. The summed E-state index contributed by atoms with van der Waals surface area (Å²) in [5.41, 5.74) is 1.82. The van der Waals surface area contributed by atoms with E-state index in [1.807, 2.05) is 0 Å². The summed E-state index contributed by atoms with van der Waals surface area (Å²) in [5.74, 6) is 0.0590. The maximum absolute atomic E-state index is 12.4. The Bertz CT molecular complexity index is 661. The molecular formula is C14H18N2O3S. The van der Waals surface area contributed by atoms with Crippen LogP contribution in [0, 0.1) is 0 Å². The molecule has 1 aromatic rings. The average Bonchev–Trinajstić information content (AvgIpc) is 2.63. The van der Waals surface area contributed by atoms with Crippen molar-refractivity contribution in [1.82, 2.24) is 0 Å². The zero-order valence-corrected chi connectivity index (χ0v) is 12.2. The molecule has 0 unspecified atom stereocenters. The van der Waals surface area contributed by atoms with E-state index < -0.39 is 15.4 Å². The Balaban J connectivity index is 2.04. The standard InChI is InChI=1S/C14H18N2O3S/c1-20(18,19)16-10-5-6-12-11(9-10)14(13(17)15-12)7-3-2-4-8-14/h5-6,9,16H,2-4,7-8H2,1H3,(H,15,17). The fourth-order valence-electron chi connectivity index (χ4n) is 3.34. The van der Waals surface area contributed by atoms with E-state index in [0.29, 0.717) is 5.69 Å². The number of rotatable bonds is 2. The summed E-state index contributed by atoms with van der Waals surface area (Å²) in [6.07, 6.45) is 6.04. The molecule has 5 nitrogen and oxygen atoms in total. The molecule has 0 aromatic heterocycles. The highest BCUT2D eigenvalue weighted by Gasteiger charge is 2.47. The molecule has 0 saturated heterocycles. The molecule has 2 aliphatic rings. The predicted molar refractivity (Wildman–Crippen MR) is 78.3 cm³/mol. The molecule has 0 radical (unpaired) electrons. The Morgan fingerprint density at radius 1 is 1.20 bits per heavy atom. The van der Waals surface area contributed by atoms with Gasteiger partial charge in [-0.2, -0.15) is 0 Å². The van der Waals surface area contributed by atoms with Crippen LogP contribution in [0.5, 0.6) is 0 Å². The molecule has 3 rings (SSSR count). The van der Waals surface area contributed by atoms with Crippen molar-refractivity contribution in [1.29, 1.82) is 0 Å². The molecule has 108 valence electrons. The van der Waals surface area contributed by atoms with Crippen molar-refractivity contribution in [2.45, 2.75) is 37.5 Å². The van der Waals surface area contributed by atoms with Crippen molar-refractivity contribution in [2.75, 3.05) is 16.3 Å². The maximum atomic E-state index is 12.4. The largest absolute Gasteiger partial charge is 0.325 e. The van der Waals surface area contributed by atoms with Crippen molar-refractivity contribution >= 4 is 27.3 Å². The molecule has 1 heterocycles. The predicted octanol–water partition coefficient (Wildman–Crippen LogP) is 2.21. The molecule has 1 aromatic carbocycles. The van der Waals surface area contributed by atoms with E-state index in [-0.39, 0.29) is 5.91 Å². The molecule has 2 N–H and O–H groups in total. The molecule has 20 heavy (non-hydrogen) atoms. The van der Waals surface area contributed by atoms with Crippen LogP contribution in [0.15, 0.2) is 18.2 Å². The lowest BCUT2D eigenvalue weighted by Crippen LogP contribution is -2.36. The lowest BCUT2D eigenvalue weighted by Gasteiger charge is -2.31. The molecule has 1 aliphatic heterocycles. The molecule has 1 aliphatic carbocycles. The molecule has 0 bridgehead atoms. The van der Waals surface area contributed by atoms with E-state index in [9.17, 15) is 13.2 Å². The topological polar surface area (TPSA) is 75.3 Å². The van der Waals surface area contributed by atoms with Crippen molar-refractivity contribution in [3.63, 3.8) is 0 Å². The van der Waals surface area contributed by atoms with Crippen molar-refractivity contribution in [2.24, 2.45) is 0 Å². The second kappa shape index (κ2) is 4.48. The number of hydrogen-bond donors (Lipinski definition) is 2.